The van der Waals surface area contributed by atoms with Crippen LogP contribution >= 0.6 is 0 Å². The van der Waals surface area contributed by atoms with E-state index < -0.39 is 23.5 Å². The Morgan fingerprint density at radius 3 is 2.66 bits per heavy atom. The molecule has 2 saturated heterocycles. The lowest BCUT2D eigenvalue weighted by atomic mass is 9.96. The lowest BCUT2D eigenvalue weighted by molar-refractivity contribution is -0.140. The lowest BCUT2D eigenvalue weighted by Crippen LogP contribution is -2.42. The van der Waals surface area contributed by atoms with Crippen molar-refractivity contribution in [1.82, 2.24) is 14.8 Å². The molecule has 2 aliphatic rings. The molecule has 0 unspecified atom stereocenters. The molecule has 2 N–H and O–H groups in total. The maximum atomic E-state index is 13.0. The minimum absolute atomic E-state index is 0.0471. The van der Waals surface area contributed by atoms with Crippen LogP contribution in [0.25, 0.3) is 5.76 Å². The Labute approximate surface area is 185 Å². The van der Waals surface area contributed by atoms with Crippen molar-refractivity contribution in [2.75, 3.05) is 46.5 Å². The van der Waals surface area contributed by atoms with Gasteiger partial charge in [-0.05, 0) is 23.8 Å². The number of phenols is 1. The number of nitrogens with zero attached hydrogens (tertiary/aromatic N) is 3. The zero-order chi connectivity index (χ0) is 22.7. The summed E-state index contributed by atoms with van der Waals surface area (Å²) < 4.78 is 10.4. The van der Waals surface area contributed by atoms with E-state index in [1.807, 2.05) is 0 Å². The monoisotopic (exact) mass is 439 g/mol. The summed E-state index contributed by atoms with van der Waals surface area (Å²) in [6.07, 6.45) is 3.16. The largest absolute Gasteiger partial charge is 0.507 e. The fraction of sp³-hybridized carbons (Fsp3) is 0.348. The van der Waals surface area contributed by atoms with Gasteiger partial charge in [0.05, 0.1) is 37.5 Å². The molecule has 168 valence electrons. The predicted octanol–water partition coefficient (Wildman–Crippen LogP) is 1.55. The molecule has 2 aromatic rings. The molecule has 1 amide bonds. The van der Waals surface area contributed by atoms with Crippen LogP contribution in [0.4, 0.5) is 0 Å². The first-order valence-corrected chi connectivity index (χ1v) is 10.4. The van der Waals surface area contributed by atoms with Crippen molar-refractivity contribution in [3.63, 3.8) is 0 Å². The Balaban J connectivity index is 1.73. The van der Waals surface area contributed by atoms with Crippen molar-refractivity contribution < 1.29 is 29.3 Å². The van der Waals surface area contributed by atoms with E-state index in [2.05, 4.69) is 9.88 Å². The Hall–Kier alpha value is -3.43. The molecule has 0 spiro atoms. The number of morpholine rings is 1. The summed E-state index contributed by atoms with van der Waals surface area (Å²) in [6.45, 7) is 3.63. The van der Waals surface area contributed by atoms with Crippen molar-refractivity contribution >= 4 is 17.4 Å². The molecule has 0 bridgehead atoms. The molecule has 9 nitrogen and oxygen atoms in total. The number of amides is 1. The van der Waals surface area contributed by atoms with Crippen LogP contribution in [0.2, 0.25) is 0 Å². The molecule has 1 aromatic carbocycles. The number of hydrogen-bond acceptors (Lipinski definition) is 8. The average Bonchev–Trinajstić information content (AvgIpc) is 3.08. The number of rotatable bonds is 6. The van der Waals surface area contributed by atoms with E-state index in [0.717, 1.165) is 13.1 Å². The van der Waals surface area contributed by atoms with Gasteiger partial charge in [0.25, 0.3) is 11.7 Å². The van der Waals surface area contributed by atoms with Gasteiger partial charge in [-0.3, -0.25) is 19.5 Å². The van der Waals surface area contributed by atoms with Gasteiger partial charge >= 0.3 is 0 Å². The summed E-state index contributed by atoms with van der Waals surface area (Å²) in [5, 5.41) is 21.4. The number of carbonyl (C=O) groups is 2. The smallest absolute Gasteiger partial charge is 0.295 e. The molecule has 0 saturated carbocycles. The number of Topliss-reactive ketones (excluding diaryl/α,β-unsaturated/α-hetero) is 1. The number of hydrogen-bond donors (Lipinski definition) is 2. The molecule has 1 atom stereocenters. The molecule has 0 radical (unpaired) electrons. The molecular weight excluding hydrogens is 414 g/mol. The van der Waals surface area contributed by atoms with E-state index in [1.54, 1.807) is 30.6 Å². The Morgan fingerprint density at radius 1 is 1.22 bits per heavy atom. The molecule has 9 heteroatoms. The first kappa shape index (κ1) is 21.8. The van der Waals surface area contributed by atoms with E-state index in [9.17, 15) is 19.8 Å². The summed E-state index contributed by atoms with van der Waals surface area (Å²) in [5.74, 6) is -1.79. The standard InChI is InChI=1S/C23H25N3O6/c1-31-16-4-5-17(18(27)13-16)21(28)19-20(15-3-2-6-24-14-15)26(23(30)22(19)29)8-7-25-9-11-32-12-10-25/h2-6,13-14,20,27-28H,7-12H2,1H3/t20-/m1/s1. The van der Waals surface area contributed by atoms with Gasteiger partial charge in [0.2, 0.25) is 0 Å². The Kier molecular flexibility index (Phi) is 6.38. The summed E-state index contributed by atoms with van der Waals surface area (Å²) in [5.41, 5.74) is 0.569. The van der Waals surface area contributed by atoms with Gasteiger partial charge in [-0.15, -0.1) is 0 Å². The zero-order valence-electron chi connectivity index (χ0n) is 17.7. The number of benzene rings is 1. The molecule has 2 fully saturated rings. The Bertz CT molecular complexity index is 1030. The summed E-state index contributed by atoms with van der Waals surface area (Å²) in [4.78, 5) is 33.8. The minimum atomic E-state index is -0.814. The van der Waals surface area contributed by atoms with Crippen molar-refractivity contribution in [2.24, 2.45) is 0 Å². The molecule has 32 heavy (non-hydrogen) atoms. The van der Waals surface area contributed by atoms with E-state index in [0.29, 0.717) is 37.6 Å². The third kappa shape index (κ3) is 4.17. The summed E-state index contributed by atoms with van der Waals surface area (Å²) in [6, 6.07) is 7.00. The number of aromatic nitrogens is 1. The number of methoxy groups -OCH3 is 1. The number of ketones is 1. The number of pyridine rings is 1. The zero-order valence-corrected chi connectivity index (χ0v) is 17.7. The molecular formula is C23H25N3O6. The van der Waals surface area contributed by atoms with E-state index >= 15 is 0 Å². The van der Waals surface area contributed by atoms with Crippen LogP contribution in [0, 0.1) is 0 Å². The second-order valence-electron chi connectivity index (χ2n) is 7.62. The average molecular weight is 439 g/mol. The summed E-state index contributed by atoms with van der Waals surface area (Å²) in [7, 11) is 1.46. The van der Waals surface area contributed by atoms with E-state index in [1.165, 1.54) is 24.1 Å². The van der Waals surface area contributed by atoms with Gasteiger partial charge in [0, 0.05) is 44.6 Å². The lowest BCUT2D eigenvalue weighted by Gasteiger charge is -2.30. The maximum absolute atomic E-state index is 13.0. The number of aromatic hydroxyl groups is 1. The molecule has 1 aromatic heterocycles. The highest BCUT2D eigenvalue weighted by molar-refractivity contribution is 6.46. The normalized spacial score (nSPS) is 21.2. The van der Waals surface area contributed by atoms with Gasteiger partial charge in [0.15, 0.2) is 0 Å². The highest BCUT2D eigenvalue weighted by Crippen LogP contribution is 2.40. The quantitative estimate of drug-likeness (QED) is 0.396. The summed E-state index contributed by atoms with van der Waals surface area (Å²) >= 11 is 0. The third-order valence-corrected chi connectivity index (χ3v) is 5.76. The first-order chi connectivity index (χ1) is 15.5. The van der Waals surface area contributed by atoms with Crippen LogP contribution in [-0.2, 0) is 14.3 Å². The van der Waals surface area contributed by atoms with Crippen LogP contribution in [-0.4, -0.2) is 83.2 Å². The van der Waals surface area contributed by atoms with Crippen LogP contribution in [0.1, 0.15) is 17.2 Å². The van der Waals surface area contributed by atoms with Crippen molar-refractivity contribution in [2.45, 2.75) is 6.04 Å². The number of likely N-dealkylation sites (tertiary alicyclic amines) is 1. The molecule has 0 aliphatic carbocycles. The van der Waals surface area contributed by atoms with Crippen LogP contribution in [0.3, 0.4) is 0 Å². The molecule has 3 heterocycles. The van der Waals surface area contributed by atoms with Gasteiger partial charge in [-0.25, -0.2) is 0 Å². The fourth-order valence-electron chi connectivity index (χ4n) is 4.05. The number of ether oxygens (including phenoxy) is 2. The number of aliphatic hydroxyl groups excluding tert-OH is 1. The third-order valence-electron chi connectivity index (χ3n) is 5.76. The van der Waals surface area contributed by atoms with Gasteiger partial charge in [-0.1, -0.05) is 6.07 Å². The number of aliphatic hydroxyl groups is 1. The van der Waals surface area contributed by atoms with Crippen LogP contribution < -0.4 is 4.74 Å². The number of carbonyl (C=O) groups excluding carboxylic acids is 2. The number of phenolic OH excluding ortho intramolecular Hbond substituents is 1. The molecule has 4 rings (SSSR count). The van der Waals surface area contributed by atoms with Crippen LogP contribution in [0.15, 0.2) is 48.3 Å². The maximum Gasteiger partial charge on any atom is 0.295 e. The van der Waals surface area contributed by atoms with Gasteiger partial charge in [0.1, 0.15) is 17.3 Å². The van der Waals surface area contributed by atoms with E-state index in [-0.39, 0.29) is 16.9 Å². The second-order valence-corrected chi connectivity index (χ2v) is 7.62. The highest BCUT2D eigenvalue weighted by atomic mass is 16.5. The van der Waals surface area contributed by atoms with Crippen molar-refractivity contribution in [3.8, 4) is 11.5 Å². The Morgan fingerprint density at radius 2 is 2.00 bits per heavy atom. The van der Waals surface area contributed by atoms with Crippen molar-refractivity contribution in [3.05, 3.63) is 59.4 Å². The minimum Gasteiger partial charge on any atom is -0.507 e. The predicted molar refractivity (Wildman–Crippen MR) is 115 cm³/mol. The first-order valence-electron chi connectivity index (χ1n) is 10.4. The fourth-order valence-corrected chi connectivity index (χ4v) is 4.05. The van der Waals surface area contributed by atoms with Crippen LogP contribution in [0.5, 0.6) is 11.5 Å². The van der Waals surface area contributed by atoms with Gasteiger partial charge in [-0.2, -0.15) is 0 Å². The topological polar surface area (TPSA) is 112 Å². The second kappa shape index (κ2) is 9.37. The highest BCUT2D eigenvalue weighted by Gasteiger charge is 2.46. The van der Waals surface area contributed by atoms with E-state index in [4.69, 9.17) is 9.47 Å². The van der Waals surface area contributed by atoms with Gasteiger partial charge < -0.3 is 24.6 Å². The molecule has 2 aliphatic heterocycles. The van der Waals surface area contributed by atoms with Crippen molar-refractivity contribution in [1.29, 1.82) is 0 Å². The SMILES string of the molecule is COc1ccc(C(O)=C2C(=O)C(=O)N(CCN3CCOCC3)[C@@H]2c2cccnc2)c(O)c1.